The lowest BCUT2D eigenvalue weighted by atomic mass is 9.88. The van der Waals surface area contributed by atoms with Gasteiger partial charge in [0, 0.05) is 12.0 Å². The molecule has 0 radical (unpaired) electrons. The van der Waals surface area contributed by atoms with Crippen molar-refractivity contribution in [3.8, 4) is 18.4 Å². The van der Waals surface area contributed by atoms with Crippen LogP contribution in [0.3, 0.4) is 0 Å². The molecular weight excluding hydrogens is 1960 g/mol. The van der Waals surface area contributed by atoms with E-state index in [1.165, 1.54) is 83.0 Å². The third-order valence-electron chi connectivity index (χ3n) is 27.5. The van der Waals surface area contributed by atoms with Gasteiger partial charge in [0.05, 0.1) is 142 Å². The highest BCUT2D eigenvalue weighted by molar-refractivity contribution is 5.59. The summed E-state index contributed by atoms with van der Waals surface area (Å²) in [4.78, 5) is 45.3. The molecule has 21 rings (SSSR count). The van der Waals surface area contributed by atoms with Crippen molar-refractivity contribution in [2.45, 2.75) is 236 Å². The number of hydrogen-bond donors (Lipinski definition) is 24. The van der Waals surface area contributed by atoms with Crippen molar-refractivity contribution in [3.05, 3.63) is 218 Å². The number of aromatic nitrogens is 22. The number of terminal acetylenes is 1. The van der Waals surface area contributed by atoms with Gasteiger partial charge in [0.25, 0.3) is 5.56 Å². The lowest BCUT2D eigenvalue weighted by Gasteiger charge is -2.33. The van der Waals surface area contributed by atoms with Crippen molar-refractivity contribution in [2.75, 3.05) is 53.4 Å². The molecule has 14 aromatic rings. The first-order valence-electron chi connectivity index (χ1n) is 45.5. The molecule has 0 aliphatic carbocycles. The van der Waals surface area contributed by atoms with Crippen LogP contribution in [0, 0.1) is 72.1 Å². The number of nitriles is 1. The number of imidazole rings is 1. The first kappa shape index (κ1) is 109. The fourth-order valence-electron chi connectivity index (χ4n) is 19.0. The summed E-state index contributed by atoms with van der Waals surface area (Å²) in [7, 11) is 1.36. The Morgan fingerprint density at radius 2 is 0.723 bits per heavy atom. The summed E-state index contributed by atoms with van der Waals surface area (Å²) in [5.41, 5.74) is 8.31. The van der Waals surface area contributed by atoms with Crippen LogP contribution in [0.1, 0.15) is 101 Å². The Labute approximate surface area is 833 Å². The average Bonchev–Trinajstić information content (AvgIpc) is 1.54. The fourth-order valence-corrected chi connectivity index (χ4v) is 19.0. The highest BCUT2D eigenvalue weighted by atomic mass is 16.7. The standard InChI is InChI=1S/C14H15N3O4.C13H14N4O4.2C13H17N3O5.C13H17N3O4.C12H14N6O4.C12H16N4O6/c1-3-14(13(20)12(19)10(6-18)21-14)11-5-4-9-8(2)15-7-16-17(9)11;1-7-8-2-3-10(17(8)16-6-15-7)13(5-14)12(20)11(19)9(4-18)21-13;1-7-8-3-4-10(16(8)15-6-14-7)13(20-2)12(19)11(18)9(5-17)21-13;1-7-8-3-4-10(16(8)15-6-14-7)13(20)12(2,19)11(18)9(5-17)21-13;1-7-8-3-4-10(16(8)15-6-14-7)13(2)12(19)11(18)9(5-17)20-13;1-6-7-2-3-9(18(7)15-5-14-6)12(16-17-13)11(21)10(20)8(4-19)22-12;1-5-14-10(19)9-13-3-7(16(9)15-5)12(21)11(2,20)8(18)6(4-17)22-12/h1,4-5,7,10,12-13,18-20H,6H2,2H3;2-3,6,9,11-12,18-20H,4H2,1H3;3-4,6,9,11-12,17-19H,5H2,1-2H3;3-4,6,9,11,17-20H,5H2,1-2H3;3-4,6,9,11-12,17-19H,5H2,1-2H3;2-3,5,8,10-11,19-21H,4H2,1H3;3,6,8,17-18,20-21H,4H2,1-2H3,(H,14,15,19)/t10-,12-,13-,14+;4*9-,11-,12-,13+;8-,10-,11-,12+;6-,8-,11-,12+/m1111111/s1. The van der Waals surface area contributed by atoms with Crippen LogP contribution in [0.25, 0.3) is 49.2 Å². The van der Waals surface area contributed by atoms with Crippen molar-refractivity contribution in [1.82, 2.24) is 107 Å². The van der Waals surface area contributed by atoms with Gasteiger partial charge in [0.2, 0.25) is 34.3 Å². The van der Waals surface area contributed by atoms with Crippen LogP contribution in [0.4, 0.5) is 0 Å². The predicted molar refractivity (Wildman–Crippen MR) is 494 cm³/mol. The van der Waals surface area contributed by atoms with Gasteiger partial charge < -0.3 is 160 Å². The first-order chi connectivity index (χ1) is 70.2. The normalized spacial score (nSPS) is 33.6. The summed E-state index contributed by atoms with van der Waals surface area (Å²) in [6, 6.07) is 22.2. The smallest absolute Gasteiger partial charge is 0.294 e. The molecule has 0 bridgehead atoms. The van der Waals surface area contributed by atoms with E-state index in [1.807, 2.05) is 32.9 Å². The Balaban J connectivity index is 0.000000129. The van der Waals surface area contributed by atoms with Crippen LogP contribution in [0.2, 0.25) is 0 Å². The van der Waals surface area contributed by atoms with Crippen LogP contribution < -0.4 is 5.56 Å². The maximum atomic E-state index is 11.8. The Kier molecular flexibility index (Phi) is 31.0. The van der Waals surface area contributed by atoms with Gasteiger partial charge in [-0.2, -0.15) is 41.0 Å². The highest BCUT2D eigenvalue weighted by Crippen LogP contribution is 2.50. The zero-order valence-corrected chi connectivity index (χ0v) is 80.6. The molecule has 0 saturated carbocycles. The van der Waals surface area contributed by atoms with Crippen molar-refractivity contribution in [3.63, 3.8) is 0 Å². The second-order valence-electron chi connectivity index (χ2n) is 36.2. The van der Waals surface area contributed by atoms with Crippen molar-refractivity contribution >= 4 is 38.7 Å². The van der Waals surface area contributed by atoms with Gasteiger partial charge in [-0.1, -0.05) is 5.92 Å². The number of aryl methyl sites for hydroxylation is 7. The van der Waals surface area contributed by atoms with Crippen LogP contribution in [0.15, 0.2) is 127 Å². The number of fused-ring (bicyclic) bond motifs is 7. The SMILES string of the molecule is C#C[C@@]1(c2ccc3c(C)ncnn23)O[C@H](CO)[C@@H](O)[C@H]1O.CO[C@@]1(c2ccc3c(C)ncnn23)O[C@H](CO)[C@@H](O)[C@H]1O.Cc1ncnn2c([C@]3(C#N)O[C@H](CO)[C@@H](O)[C@H]3O)ccc12.Cc1ncnn2c([C@]3(C)O[C@H](CO)[C@@H](O)[C@H]3O)ccc12.Cc1ncnn2c([C@]3(N=[N+]=[N-])O[C@H](CO)[C@@H](O)[C@H]3O)ccc12.Cc1ncnn2c([C@]3(O)O[C@H](CO)[C@@H](O)[C@@]3(C)O)ccc12.Cc1nn2c([C@]3(O)O[C@H](CO)[C@@H](O)[C@@]3(C)O)cnc2c(=O)[nH]1. The van der Waals surface area contributed by atoms with E-state index in [0.717, 1.165) is 51.3 Å². The number of aliphatic hydroxyl groups excluding tert-OH is 19. The van der Waals surface area contributed by atoms with Gasteiger partial charge in [0.1, 0.15) is 200 Å². The Hall–Kier alpha value is -12.8. The molecule has 58 nitrogen and oxygen atoms in total. The van der Waals surface area contributed by atoms with E-state index >= 15 is 0 Å². The number of H-pyrrole nitrogens is 1. The molecule has 7 aliphatic heterocycles. The van der Waals surface area contributed by atoms with E-state index in [2.05, 4.69) is 91.5 Å². The zero-order chi connectivity index (χ0) is 108. The Morgan fingerprint density at radius 1 is 0.399 bits per heavy atom. The van der Waals surface area contributed by atoms with Crippen LogP contribution in [-0.2, 0) is 77.8 Å². The molecule has 58 heteroatoms. The van der Waals surface area contributed by atoms with E-state index in [9.17, 15) is 128 Å². The second-order valence-corrected chi connectivity index (χ2v) is 36.2. The summed E-state index contributed by atoms with van der Waals surface area (Å²) < 4.78 is 53.8. The van der Waals surface area contributed by atoms with Gasteiger partial charge >= 0.3 is 0 Å². The predicted octanol–water partition coefficient (Wildman–Crippen LogP) is -8.16. The third-order valence-corrected chi connectivity index (χ3v) is 27.5. The number of ether oxygens (including phenoxy) is 8. The number of aliphatic hydroxyl groups is 23. The number of aromatic amines is 1. The number of rotatable bonds is 16. The molecule has 24 N–H and O–H groups in total. The molecular formula is C90H110N26O32. The molecule has 7 fully saturated rings. The van der Waals surface area contributed by atoms with E-state index < -0.39 is 212 Å². The number of azide groups is 1. The molecule has 0 amide bonds. The summed E-state index contributed by atoms with van der Waals surface area (Å²) in [5, 5.41) is 270. The quantitative estimate of drug-likeness (QED) is 0.0185. The Morgan fingerprint density at radius 3 is 1.10 bits per heavy atom. The minimum absolute atomic E-state index is 0.102. The first-order valence-corrected chi connectivity index (χ1v) is 45.5. The van der Waals surface area contributed by atoms with E-state index in [1.54, 1.807) is 97.4 Å². The largest absolute Gasteiger partial charge is 0.394 e. The van der Waals surface area contributed by atoms with E-state index in [0.29, 0.717) is 50.7 Å². The number of hydrogen-bond acceptors (Lipinski definition) is 48. The summed E-state index contributed by atoms with van der Waals surface area (Å²) in [5.74, 6) is -3.52. The van der Waals surface area contributed by atoms with Gasteiger partial charge in [-0.25, -0.2) is 66.5 Å². The molecule has 0 unspecified atom stereocenters. The molecule has 0 spiro atoms. The van der Waals surface area contributed by atoms with Gasteiger partial charge in [-0.15, -0.1) is 6.42 Å². The second kappa shape index (κ2) is 42.0. The Bertz CT molecular complexity index is 7160. The molecule has 7 aliphatic rings. The molecule has 0 aromatic carbocycles. The van der Waals surface area contributed by atoms with Gasteiger partial charge in [-0.3, -0.25) is 4.79 Å². The topological polar surface area (TPSA) is 856 Å². The van der Waals surface area contributed by atoms with Crippen LogP contribution in [-0.4, -0.2) is 405 Å². The van der Waals surface area contributed by atoms with Crippen LogP contribution >= 0.6 is 0 Å². The average molecular weight is 2070 g/mol. The number of nitrogens with zero attached hydrogens (tertiary/aromatic N) is 25. The minimum atomic E-state index is -2.40. The molecule has 28 atom stereocenters. The van der Waals surface area contributed by atoms with E-state index in [4.69, 9.17) is 49.8 Å². The summed E-state index contributed by atoms with van der Waals surface area (Å²) >= 11 is 0. The summed E-state index contributed by atoms with van der Waals surface area (Å²) in [6.07, 6.45) is -8.60. The third kappa shape index (κ3) is 17.7. The van der Waals surface area contributed by atoms with Gasteiger partial charge in [-0.05, 0) is 153 Å². The molecule has 7 saturated heterocycles. The van der Waals surface area contributed by atoms with Crippen molar-refractivity contribution in [2.24, 2.45) is 5.11 Å². The maximum absolute atomic E-state index is 11.8. The highest BCUT2D eigenvalue weighted by Gasteiger charge is 2.67. The van der Waals surface area contributed by atoms with Crippen molar-refractivity contribution < 1.29 is 155 Å². The minimum Gasteiger partial charge on any atom is -0.394 e. The van der Waals surface area contributed by atoms with Crippen LogP contribution in [0.5, 0.6) is 0 Å². The number of nitrogens with one attached hydrogen (secondary N) is 1. The lowest BCUT2D eigenvalue weighted by molar-refractivity contribution is -0.276. The fraction of sp³-hybridized carbons (Fsp3) is 0.511. The number of methoxy groups -OCH3 is 1. The molecule has 21 heterocycles. The zero-order valence-electron chi connectivity index (χ0n) is 80.6. The van der Waals surface area contributed by atoms with Gasteiger partial charge in [0.15, 0.2) is 5.60 Å². The maximum Gasteiger partial charge on any atom is 0.294 e. The van der Waals surface area contributed by atoms with E-state index in [-0.39, 0.29) is 40.9 Å². The lowest BCUT2D eigenvalue weighted by Crippen LogP contribution is -2.53. The molecule has 148 heavy (non-hydrogen) atoms. The summed E-state index contributed by atoms with van der Waals surface area (Å²) in [6.45, 7) is 13.1. The molecule has 14 aromatic heterocycles. The van der Waals surface area contributed by atoms with Crippen molar-refractivity contribution in [1.29, 1.82) is 5.26 Å². The molecule has 792 valence electrons. The monoisotopic (exact) mass is 2070 g/mol.